The average molecular weight is 141 g/mol. The van der Waals surface area contributed by atoms with Gasteiger partial charge in [-0.05, 0) is 37.6 Å². The van der Waals surface area contributed by atoms with E-state index in [1.54, 1.807) is 0 Å². The molecule has 2 N–H and O–H groups in total. The molecule has 1 fully saturated rings. The van der Waals surface area contributed by atoms with Crippen molar-refractivity contribution in [2.45, 2.75) is 39.0 Å². The van der Waals surface area contributed by atoms with Gasteiger partial charge >= 0.3 is 0 Å². The van der Waals surface area contributed by atoms with Crippen molar-refractivity contribution in [3.05, 3.63) is 0 Å². The molecule has 1 aliphatic rings. The van der Waals surface area contributed by atoms with E-state index in [1.165, 1.54) is 32.1 Å². The molecule has 1 unspecified atom stereocenters. The lowest BCUT2D eigenvalue weighted by Gasteiger charge is -2.12. The predicted octanol–water partition coefficient (Wildman–Crippen LogP) is 2.16. The van der Waals surface area contributed by atoms with Crippen LogP contribution in [0.3, 0.4) is 0 Å². The summed E-state index contributed by atoms with van der Waals surface area (Å²) < 4.78 is 0. The number of nitrogens with two attached hydrogens (primary N) is 1. The van der Waals surface area contributed by atoms with Crippen molar-refractivity contribution in [2.24, 2.45) is 17.6 Å². The van der Waals surface area contributed by atoms with Crippen molar-refractivity contribution in [1.82, 2.24) is 0 Å². The number of rotatable bonds is 5. The summed E-state index contributed by atoms with van der Waals surface area (Å²) in [5.74, 6) is 2.03. The molecule has 0 amide bonds. The summed E-state index contributed by atoms with van der Waals surface area (Å²) in [5, 5.41) is 0. The minimum Gasteiger partial charge on any atom is -0.330 e. The van der Waals surface area contributed by atoms with Crippen LogP contribution in [0.4, 0.5) is 0 Å². The van der Waals surface area contributed by atoms with E-state index < -0.39 is 0 Å². The summed E-state index contributed by atoms with van der Waals surface area (Å²) in [6.45, 7) is 3.16. The summed E-state index contributed by atoms with van der Waals surface area (Å²) in [6, 6.07) is 0. The highest BCUT2D eigenvalue weighted by molar-refractivity contribution is 4.80. The second-order valence-electron chi connectivity index (χ2n) is 3.46. The van der Waals surface area contributed by atoms with Crippen molar-refractivity contribution >= 4 is 0 Å². The first-order valence-electron chi connectivity index (χ1n) is 4.58. The van der Waals surface area contributed by atoms with Gasteiger partial charge in [-0.25, -0.2) is 0 Å². The van der Waals surface area contributed by atoms with Gasteiger partial charge in [0.2, 0.25) is 0 Å². The molecule has 1 atom stereocenters. The number of hydrogen-bond acceptors (Lipinski definition) is 1. The molecule has 1 saturated carbocycles. The van der Waals surface area contributed by atoms with Crippen molar-refractivity contribution < 1.29 is 0 Å². The van der Waals surface area contributed by atoms with E-state index in [1.807, 2.05) is 0 Å². The summed E-state index contributed by atoms with van der Waals surface area (Å²) in [4.78, 5) is 0. The van der Waals surface area contributed by atoms with Gasteiger partial charge in [0.1, 0.15) is 0 Å². The van der Waals surface area contributed by atoms with Crippen molar-refractivity contribution in [3.63, 3.8) is 0 Å². The van der Waals surface area contributed by atoms with E-state index in [0.29, 0.717) is 0 Å². The monoisotopic (exact) mass is 141 g/mol. The van der Waals surface area contributed by atoms with E-state index >= 15 is 0 Å². The van der Waals surface area contributed by atoms with Gasteiger partial charge in [0.05, 0.1) is 0 Å². The van der Waals surface area contributed by atoms with Gasteiger partial charge in [0.15, 0.2) is 0 Å². The first-order valence-corrected chi connectivity index (χ1v) is 4.58. The van der Waals surface area contributed by atoms with Crippen LogP contribution in [-0.4, -0.2) is 6.54 Å². The Morgan fingerprint density at radius 2 is 2.10 bits per heavy atom. The van der Waals surface area contributed by atoms with Gasteiger partial charge in [-0.15, -0.1) is 0 Å². The lowest BCUT2D eigenvalue weighted by molar-refractivity contribution is 0.400. The summed E-state index contributed by atoms with van der Waals surface area (Å²) >= 11 is 0. The van der Waals surface area contributed by atoms with Crippen molar-refractivity contribution in [3.8, 4) is 0 Å². The Balaban J connectivity index is 2.13. The standard InChI is InChI=1S/C9H19N/c1-2-3-8(6-7-10)9-4-5-9/h8-9H,2-7,10H2,1H3. The van der Waals surface area contributed by atoms with Crippen LogP contribution in [-0.2, 0) is 0 Å². The Bertz CT molecular complexity index is 80.7. The SMILES string of the molecule is CCCC(CCN)C1CC1. The Kier molecular flexibility index (Phi) is 3.20. The molecule has 1 aliphatic carbocycles. The molecule has 0 aliphatic heterocycles. The topological polar surface area (TPSA) is 26.0 Å². The highest BCUT2D eigenvalue weighted by atomic mass is 14.5. The Morgan fingerprint density at radius 3 is 2.50 bits per heavy atom. The highest BCUT2D eigenvalue weighted by Gasteiger charge is 2.29. The molecule has 1 rings (SSSR count). The quantitative estimate of drug-likeness (QED) is 0.624. The second-order valence-corrected chi connectivity index (χ2v) is 3.46. The van der Waals surface area contributed by atoms with Crippen LogP contribution >= 0.6 is 0 Å². The maximum atomic E-state index is 5.53. The number of hydrogen-bond donors (Lipinski definition) is 1. The van der Waals surface area contributed by atoms with Crippen LogP contribution in [0.5, 0.6) is 0 Å². The lowest BCUT2D eigenvalue weighted by atomic mass is 9.95. The Labute approximate surface area is 64.0 Å². The smallest absolute Gasteiger partial charge is 0.00745 e. The fourth-order valence-corrected chi connectivity index (χ4v) is 1.77. The minimum atomic E-state index is 0.890. The van der Waals surface area contributed by atoms with Crippen molar-refractivity contribution in [2.75, 3.05) is 6.54 Å². The van der Waals surface area contributed by atoms with Gasteiger partial charge in [-0.1, -0.05) is 19.8 Å². The zero-order valence-corrected chi connectivity index (χ0v) is 6.97. The lowest BCUT2D eigenvalue weighted by Crippen LogP contribution is -2.10. The molecule has 0 aromatic rings. The molecule has 0 saturated heterocycles. The van der Waals surface area contributed by atoms with Gasteiger partial charge in [0.25, 0.3) is 0 Å². The first-order chi connectivity index (χ1) is 4.88. The van der Waals surface area contributed by atoms with Crippen LogP contribution in [0, 0.1) is 11.8 Å². The second kappa shape index (κ2) is 3.97. The molecular formula is C9H19N. The molecule has 0 aromatic heterocycles. The van der Waals surface area contributed by atoms with Gasteiger partial charge in [0, 0.05) is 0 Å². The maximum absolute atomic E-state index is 5.53. The predicted molar refractivity (Wildman–Crippen MR) is 44.8 cm³/mol. The van der Waals surface area contributed by atoms with E-state index in [0.717, 1.165) is 18.4 Å². The fourth-order valence-electron chi connectivity index (χ4n) is 1.77. The molecule has 1 heteroatoms. The van der Waals surface area contributed by atoms with Crippen LogP contribution in [0.15, 0.2) is 0 Å². The van der Waals surface area contributed by atoms with Crippen LogP contribution < -0.4 is 5.73 Å². The normalized spacial score (nSPS) is 21.0. The van der Waals surface area contributed by atoms with Crippen molar-refractivity contribution in [1.29, 1.82) is 0 Å². The third-order valence-electron chi connectivity index (χ3n) is 2.49. The molecule has 0 radical (unpaired) electrons. The largest absolute Gasteiger partial charge is 0.330 e. The maximum Gasteiger partial charge on any atom is -0.00745 e. The summed E-state index contributed by atoms with van der Waals surface area (Å²) in [5.41, 5.74) is 5.53. The summed E-state index contributed by atoms with van der Waals surface area (Å²) in [7, 11) is 0. The van der Waals surface area contributed by atoms with Crippen LogP contribution in [0.1, 0.15) is 39.0 Å². The van der Waals surface area contributed by atoms with E-state index in [2.05, 4.69) is 6.92 Å². The third kappa shape index (κ3) is 2.30. The highest BCUT2D eigenvalue weighted by Crippen LogP contribution is 2.40. The molecule has 1 nitrogen and oxygen atoms in total. The molecule has 60 valence electrons. The van der Waals surface area contributed by atoms with Gasteiger partial charge < -0.3 is 5.73 Å². The molecule has 0 aromatic carbocycles. The van der Waals surface area contributed by atoms with E-state index in [4.69, 9.17) is 5.73 Å². The van der Waals surface area contributed by atoms with Gasteiger partial charge in [-0.2, -0.15) is 0 Å². The first kappa shape index (κ1) is 8.06. The molecular weight excluding hydrogens is 122 g/mol. The average Bonchev–Trinajstić information content (AvgIpc) is 2.69. The minimum absolute atomic E-state index is 0.890. The van der Waals surface area contributed by atoms with Crippen LogP contribution in [0.2, 0.25) is 0 Å². The fraction of sp³-hybridized carbons (Fsp3) is 1.00. The molecule has 10 heavy (non-hydrogen) atoms. The zero-order chi connectivity index (χ0) is 7.40. The third-order valence-corrected chi connectivity index (χ3v) is 2.49. The van der Waals surface area contributed by atoms with E-state index in [9.17, 15) is 0 Å². The Hall–Kier alpha value is -0.0400. The zero-order valence-electron chi connectivity index (χ0n) is 6.97. The molecule has 0 heterocycles. The Morgan fingerprint density at radius 1 is 1.40 bits per heavy atom. The van der Waals surface area contributed by atoms with E-state index in [-0.39, 0.29) is 0 Å². The van der Waals surface area contributed by atoms with Crippen LogP contribution in [0.25, 0.3) is 0 Å². The van der Waals surface area contributed by atoms with Gasteiger partial charge in [-0.3, -0.25) is 0 Å². The molecule has 0 bridgehead atoms. The molecule has 0 spiro atoms. The summed E-state index contributed by atoms with van der Waals surface area (Å²) in [6.07, 6.45) is 6.96.